The molecule has 0 aliphatic heterocycles. The van der Waals surface area contributed by atoms with E-state index in [0.717, 1.165) is 32.6 Å². The topological polar surface area (TPSA) is 42.4 Å². The van der Waals surface area contributed by atoms with Crippen molar-refractivity contribution in [3.63, 3.8) is 0 Å². The van der Waals surface area contributed by atoms with Crippen molar-refractivity contribution in [2.75, 3.05) is 19.1 Å². The van der Waals surface area contributed by atoms with Gasteiger partial charge in [-0.25, -0.2) is 4.98 Å². The Hall–Kier alpha value is -2.92. The zero-order valence-corrected chi connectivity index (χ0v) is 14.7. The SMILES string of the molecule is COc1ccc2cc3cc(C(=O)N(C)c4ccccc4)sc3nc2c1. The Labute approximate surface area is 149 Å². The fourth-order valence-electron chi connectivity index (χ4n) is 2.77. The zero-order valence-electron chi connectivity index (χ0n) is 13.9. The number of hydrogen-bond acceptors (Lipinski definition) is 4. The van der Waals surface area contributed by atoms with E-state index in [1.54, 1.807) is 19.1 Å². The minimum absolute atomic E-state index is 0.0316. The molecule has 2 heterocycles. The summed E-state index contributed by atoms with van der Waals surface area (Å²) < 4.78 is 5.26. The van der Waals surface area contributed by atoms with Gasteiger partial charge < -0.3 is 9.64 Å². The van der Waals surface area contributed by atoms with E-state index in [1.165, 1.54) is 11.3 Å². The Kier molecular flexibility index (Phi) is 3.86. The van der Waals surface area contributed by atoms with Gasteiger partial charge in [0.05, 0.1) is 17.5 Å². The van der Waals surface area contributed by atoms with Crippen molar-refractivity contribution in [3.05, 3.63) is 65.5 Å². The van der Waals surface area contributed by atoms with Crippen LogP contribution in [0.1, 0.15) is 9.67 Å². The minimum atomic E-state index is -0.0316. The second-order valence-electron chi connectivity index (χ2n) is 5.75. The molecule has 0 fully saturated rings. The number of carbonyl (C=O) groups excluding carboxylic acids is 1. The molecule has 4 aromatic rings. The average molecular weight is 348 g/mol. The highest BCUT2D eigenvalue weighted by Gasteiger charge is 2.17. The van der Waals surface area contributed by atoms with Gasteiger partial charge in [-0.05, 0) is 36.4 Å². The summed E-state index contributed by atoms with van der Waals surface area (Å²) in [6.07, 6.45) is 0. The first-order valence-corrected chi connectivity index (χ1v) is 8.69. The number of para-hydroxylation sites is 1. The lowest BCUT2D eigenvalue weighted by atomic mass is 10.2. The summed E-state index contributed by atoms with van der Waals surface area (Å²) in [6, 6.07) is 19.4. The van der Waals surface area contributed by atoms with Gasteiger partial charge in [-0.3, -0.25) is 4.79 Å². The first-order chi connectivity index (χ1) is 12.2. The third-order valence-corrected chi connectivity index (χ3v) is 5.20. The third-order valence-electron chi connectivity index (χ3n) is 4.17. The highest BCUT2D eigenvalue weighted by atomic mass is 32.1. The minimum Gasteiger partial charge on any atom is -0.497 e. The lowest BCUT2D eigenvalue weighted by Crippen LogP contribution is -2.25. The summed E-state index contributed by atoms with van der Waals surface area (Å²) in [5.74, 6) is 0.742. The molecule has 124 valence electrons. The molecule has 0 bridgehead atoms. The van der Waals surface area contributed by atoms with Crippen LogP contribution >= 0.6 is 11.3 Å². The zero-order chi connectivity index (χ0) is 17.4. The molecule has 5 heteroatoms. The van der Waals surface area contributed by atoms with Crippen LogP contribution in [0.5, 0.6) is 5.75 Å². The van der Waals surface area contributed by atoms with Gasteiger partial charge >= 0.3 is 0 Å². The summed E-state index contributed by atoms with van der Waals surface area (Å²) >= 11 is 1.41. The van der Waals surface area contributed by atoms with E-state index in [9.17, 15) is 4.79 Å². The molecule has 0 atom stereocenters. The number of pyridine rings is 1. The van der Waals surface area contributed by atoms with E-state index >= 15 is 0 Å². The Bertz CT molecular complexity index is 1070. The van der Waals surface area contributed by atoms with Crippen molar-refractivity contribution in [1.82, 2.24) is 4.98 Å². The van der Waals surface area contributed by atoms with Crippen molar-refractivity contribution in [2.45, 2.75) is 0 Å². The molecule has 2 aromatic carbocycles. The van der Waals surface area contributed by atoms with Gasteiger partial charge in [0, 0.05) is 29.6 Å². The van der Waals surface area contributed by atoms with Gasteiger partial charge in [0.1, 0.15) is 10.6 Å². The van der Waals surface area contributed by atoms with Crippen LogP contribution in [0, 0.1) is 0 Å². The first-order valence-electron chi connectivity index (χ1n) is 7.87. The number of thiophene rings is 1. The van der Waals surface area contributed by atoms with Crippen molar-refractivity contribution in [3.8, 4) is 5.75 Å². The van der Waals surface area contributed by atoms with Gasteiger partial charge in [0.25, 0.3) is 5.91 Å². The molecule has 0 saturated carbocycles. The molecule has 0 N–H and O–H groups in total. The second kappa shape index (κ2) is 6.18. The van der Waals surface area contributed by atoms with Crippen LogP contribution in [0.2, 0.25) is 0 Å². The maximum atomic E-state index is 12.8. The molecular formula is C20H16N2O2S. The molecule has 25 heavy (non-hydrogen) atoms. The number of ether oxygens (including phenoxy) is 1. The van der Waals surface area contributed by atoms with E-state index in [2.05, 4.69) is 11.1 Å². The molecule has 4 nitrogen and oxygen atoms in total. The maximum absolute atomic E-state index is 12.8. The molecule has 0 radical (unpaired) electrons. The van der Waals surface area contributed by atoms with Gasteiger partial charge in [0.15, 0.2) is 0 Å². The summed E-state index contributed by atoms with van der Waals surface area (Å²) in [5.41, 5.74) is 1.73. The highest BCUT2D eigenvalue weighted by Crippen LogP contribution is 2.30. The van der Waals surface area contributed by atoms with E-state index < -0.39 is 0 Å². The predicted molar refractivity (Wildman–Crippen MR) is 103 cm³/mol. The molecule has 0 unspecified atom stereocenters. The smallest absolute Gasteiger partial charge is 0.268 e. The van der Waals surface area contributed by atoms with Crippen molar-refractivity contribution in [2.24, 2.45) is 0 Å². The number of anilines is 1. The Balaban J connectivity index is 1.75. The molecule has 0 spiro atoms. The monoisotopic (exact) mass is 348 g/mol. The number of hydrogen-bond donors (Lipinski definition) is 0. The lowest BCUT2D eigenvalue weighted by Gasteiger charge is -2.15. The Morgan fingerprint density at radius 1 is 1.04 bits per heavy atom. The molecule has 2 aromatic heterocycles. The fourth-order valence-corrected chi connectivity index (χ4v) is 3.77. The van der Waals surface area contributed by atoms with Gasteiger partial charge in [-0.1, -0.05) is 18.2 Å². The van der Waals surface area contributed by atoms with Gasteiger partial charge in [-0.15, -0.1) is 11.3 Å². The molecule has 0 aliphatic carbocycles. The number of amides is 1. The maximum Gasteiger partial charge on any atom is 0.268 e. The van der Waals surface area contributed by atoms with Crippen LogP contribution in [0.25, 0.3) is 21.1 Å². The average Bonchev–Trinajstić information content (AvgIpc) is 3.07. The summed E-state index contributed by atoms with van der Waals surface area (Å²) in [5, 5.41) is 2.01. The summed E-state index contributed by atoms with van der Waals surface area (Å²) in [6.45, 7) is 0. The van der Waals surface area contributed by atoms with Gasteiger partial charge in [0.2, 0.25) is 0 Å². The molecule has 1 amide bonds. The van der Waals surface area contributed by atoms with Crippen LogP contribution in [0.4, 0.5) is 5.69 Å². The van der Waals surface area contributed by atoms with Crippen LogP contribution in [-0.4, -0.2) is 25.0 Å². The lowest BCUT2D eigenvalue weighted by molar-refractivity contribution is 0.0997. The van der Waals surface area contributed by atoms with E-state index in [-0.39, 0.29) is 5.91 Å². The van der Waals surface area contributed by atoms with Crippen LogP contribution in [-0.2, 0) is 0 Å². The number of benzene rings is 2. The fraction of sp³-hybridized carbons (Fsp3) is 0.100. The van der Waals surface area contributed by atoms with Crippen molar-refractivity contribution >= 4 is 44.1 Å². The van der Waals surface area contributed by atoms with E-state index in [1.807, 2.05) is 54.6 Å². The number of methoxy groups -OCH3 is 1. The predicted octanol–water partition coefficient (Wildman–Crippen LogP) is 4.73. The second-order valence-corrected chi connectivity index (χ2v) is 6.78. The Morgan fingerprint density at radius 2 is 1.84 bits per heavy atom. The van der Waals surface area contributed by atoms with Crippen molar-refractivity contribution in [1.29, 1.82) is 0 Å². The standard InChI is InChI=1S/C20H16N2O2S/c1-22(15-6-4-3-5-7-15)20(23)18-11-14-10-13-8-9-16(24-2)12-17(13)21-19(14)25-18/h3-12H,1-2H3. The van der Waals surface area contributed by atoms with E-state index in [4.69, 9.17) is 4.74 Å². The molecular weight excluding hydrogens is 332 g/mol. The summed E-state index contributed by atoms with van der Waals surface area (Å²) in [4.78, 5) is 20.7. The number of fused-ring (bicyclic) bond motifs is 2. The highest BCUT2D eigenvalue weighted by molar-refractivity contribution is 7.20. The van der Waals surface area contributed by atoms with Gasteiger partial charge in [-0.2, -0.15) is 0 Å². The van der Waals surface area contributed by atoms with Crippen molar-refractivity contribution < 1.29 is 9.53 Å². The summed E-state index contributed by atoms with van der Waals surface area (Å²) in [7, 11) is 3.43. The number of aromatic nitrogens is 1. The normalized spacial score (nSPS) is 11.0. The van der Waals surface area contributed by atoms with E-state index in [0.29, 0.717) is 4.88 Å². The number of nitrogens with zero attached hydrogens (tertiary/aromatic N) is 2. The molecule has 4 rings (SSSR count). The molecule has 0 saturated heterocycles. The van der Waals surface area contributed by atoms with Crippen LogP contribution in [0.3, 0.4) is 0 Å². The van der Waals surface area contributed by atoms with Crippen LogP contribution < -0.4 is 9.64 Å². The molecule has 0 aliphatic rings. The first kappa shape index (κ1) is 15.6. The number of carbonyl (C=O) groups is 1. The van der Waals surface area contributed by atoms with Crippen LogP contribution in [0.15, 0.2) is 60.7 Å². The number of rotatable bonds is 3. The Morgan fingerprint density at radius 3 is 2.60 bits per heavy atom. The quantitative estimate of drug-likeness (QED) is 0.537. The largest absolute Gasteiger partial charge is 0.497 e. The third kappa shape index (κ3) is 2.83.